The van der Waals surface area contributed by atoms with Gasteiger partial charge in [0.1, 0.15) is 29.7 Å². The Bertz CT molecular complexity index is 1940. The Hall–Kier alpha value is -6.00. The number of amides is 2. The number of para-hydroxylation sites is 1. The van der Waals surface area contributed by atoms with E-state index in [0.29, 0.717) is 29.2 Å². The number of nitriles is 1. The number of aromatic nitrogens is 2. The molecule has 1 aliphatic rings. The van der Waals surface area contributed by atoms with Crippen LogP contribution >= 0.6 is 0 Å². The molecule has 214 valence electrons. The van der Waals surface area contributed by atoms with Gasteiger partial charge in [-0.05, 0) is 54.0 Å². The number of carbonyl (C=O) groups excluding carboxylic acids is 2. The third-order valence-electron chi connectivity index (χ3n) is 7.43. The number of carbonyl (C=O) groups is 2. The van der Waals surface area contributed by atoms with Crippen LogP contribution in [0.3, 0.4) is 0 Å². The molecule has 5 aromatic rings. The maximum absolute atomic E-state index is 13.9. The van der Waals surface area contributed by atoms with Crippen LogP contribution in [0.2, 0.25) is 0 Å². The van der Waals surface area contributed by atoms with Gasteiger partial charge in [-0.15, -0.1) is 0 Å². The number of benzene rings is 4. The first-order valence-electron chi connectivity index (χ1n) is 14.2. The van der Waals surface area contributed by atoms with Gasteiger partial charge in [0.05, 0.1) is 12.2 Å². The van der Waals surface area contributed by atoms with Crippen molar-refractivity contribution in [3.63, 3.8) is 0 Å². The van der Waals surface area contributed by atoms with Crippen LogP contribution in [0.4, 0.5) is 0 Å². The average Bonchev–Trinajstić information content (AvgIpc) is 3.50. The molecular weight excluding hydrogens is 548 g/mol. The number of hydrogen-bond donors (Lipinski definition) is 0. The molecule has 1 aliphatic heterocycles. The normalized spacial score (nSPS) is 14.2. The maximum Gasteiger partial charge on any atom is 0.271 e. The van der Waals surface area contributed by atoms with E-state index in [1.54, 1.807) is 17.7 Å². The summed E-state index contributed by atoms with van der Waals surface area (Å²) in [6, 6.07) is 38.5. The molecule has 1 aromatic heterocycles. The van der Waals surface area contributed by atoms with Crippen LogP contribution in [-0.4, -0.2) is 26.5 Å². The highest BCUT2D eigenvalue weighted by Crippen LogP contribution is 2.33. The number of rotatable bonds is 8. The molecule has 0 aliphatic carbocycles. The highest BCUT2D eigenvalue weighted by molar-refractivity contribution is 6.19. The molecule has 0 fully saturated rings. The first-order chi connectivity index (χ1) is 21.5. The van der Waals surface area contributed by atoms with Gasteiger partial charge in [-0.1, -0.05) is 91.0 Å². The van der Waals surface area contributed by atoms with Crippen LogP contribution in [0.5, 0.6) is 5.75 Å². The summed E-state index contributed by atoms with van der Waals surface area (Å²) in [6.07, 6.45) is 3.57. The second-order valence-electron chi connectivity index (χ2n) is 10.4. The fraction of sp³-hybridized carbons (Fsp3) is 0.0811. The maximum atomic E-state index is 13.9. The van der Waals surface area contributed by atoms with Crippen LogP contribution in [0, 0.1) is 11.3 Å². The van der Waals surface area contributed by atoms with Gasteiger partial charge in [0.25, 0.3) is 11.8 Å². The topological polar surface area (TPSA) is 88.2 Å². The zero-order valence-corrected chi connectivity index (χ0v) is 24.1. The SMILES string of the molecule is CC1=C(C#N)C(=O)N(Cc2ccccc2)C(=O)/C1=C/c1cn(-c2ccccc2)nc1-c1cccc(OCc2ccccc2)c1. The van der Waals surface area contributed by atoms with Crippen molar-refractivity contribution in [1.82, 2.24) is 14.7 Å². The molecule has 0 saturated heterocycles. The van der Waals surface area contributed by atoms with Gasteiger partial charge in [0.2, 0.25) is 0 Å². The molecule has 7 heteroatoms. The summed E-state index contributed by atoms with van der Waals surface area (Å²) in [6.45, 7) is 2.12. The van der Waals surface area contributed by atoms with Crippen molar-refractivity contribution in [2.75, 3.05) is 0 Å². The quantitative estimate of drug-likeness (QED) is 0.148. The van der Waals surface area contributed by atoms with E-state index in [1.807, 2.05) is 128 Å². The lowest BCUT2D eigenvalue weighted by Gasteiger charge is -2.27. The molecule has 0 N–H and O–H groups in total. The first-order valence-corrected chi connectivity index (χ1v) is 14.2. The van der Waals surface area contributed by atoms with Crippen LogP contribution < -0.4 is 4.74 Å². The smallest absolute Gasteiger partial charge is 0.271 e. The largest absolute Gasteiger partial charge is 0.489 e. The molecule has 0 saturated carbocycles. The summed E-state index contributed by atoms with van der Waals surface area (Å²) >= 11 is 0. The number of imide groups is 1. The summed E-state index contributed by atoms with van der Waals surface area (Å²) in [7, 11) is 0. The fourth-order valence-electron chi connectivity index (χ4n) is 5.10. The molecule has 0 spiro atoms. The van der Waals surface area contributed by atoms with Crippen molar-refractivity contribution in [3.8, 4) is 28.8 Å². The molecule has 0 radical (unpaired) electrons. The third kappa shape index (κ3) is 5.83. The minimum absolute atomic E-state index is 0.0555. The Morgan fingerprint density at radius 2 is 1.48 bits per heavy atom. The van der Waals surface area contributed by atoms with E-state index in [1.165, 1.54) is 0 Å². The van der Waals surface area contributed by atoms with Crippen LogP contribution in [0.25, 0.3) is 23.0 Å². The Morgan fingerprint density at radius 1 is 0.818 bits per heavy atom. The Morgan fingerprint density at radius 3 is 2.16 bits per heavy atom. The summed E-state index contributed by atoms with van der Waals surface area (Å²) in [5.41, 5.74) is 5.30. The van der Waals surface area contributed by atoms with Crippen molar-refractivity contribution in [2.24, 2.45) is 0 Å². The lowest BCUT2D eigenvalue weighted by molar-refractivity contribution is -0.141. The summed E-state index contributed by atoms with van der Waals surface area (Å²) in [4.78, 5) is 28.2. The van der Waals surface area contributed by atoms with Crippen LogP contribution in [-0.2, 0) is 22.7 Å². The Balaban J connectivity index is 1.43. The highest BCUT2D eigenvalue weighted by Gasteiger charge is 2.35. The van der Waals surface area contributed by atoms with Crippen LogP contribution in [0.1, 0.15) is 23.6 Å². The zero-order valence-electron chi connectivity index (χ0n) is 24.1. The lowest BCUT2D eigenvalue weighted by atomic mass is 9.93. The molecule has 2 amide bonds. The average molecular weight is 577 g/mol. The molecule has 7 nitrogen and oxygen atoms in total. The van der Waals surface area contributed by atoms with Gasteiger partial charge < -0.3 is 4.74 Å². The predicted octanol–water partition coefficient (Wildman–Crippen LogP) is 6.91. The molecular formula is C37H28N4O3. The minimum atomic E-state index is -0.598. The van der Waals surface area contributed by atoms with Gasteiger partial charge >= 0.3 is 0 Å². The van der Waals surface area contributed by atoms with E-state index in [2.05, 4.69) is 0 Å². The van der Waals surface area contributed by atoms with Crippen LogP contribution in [0.15, 0.2) is 138 Å². The van der Waals surface area contributed by atoms with Gasteiger partial charge in [-0.3, -0.25) is 14.5 Å². The van der Waals surface area contributed by atoms with Gasteiger partial charge in [-0.25, -0.2) is 4.68 Å². The van der Waals surface area contributed by atoms with Crippen molar-refractivity contribution >= 4 is 17.9 Å². The van der Waals surface area contributed by atoms with E-state index in [-0.39, 0.29) is 17.7 Å². The molecule has 0 atom stereocenters. The second kappa shape index (κ2) is 12.5. The summed E-state index contributed by atoms with van der Waals surface area (Å²) in [5.74, 6) is -0.386. The van der Waals surface area contributed by atoms with Gasteiger partial charge in [-0.2, -0.15) is 10.4 Å². The van der Waals surface area contributed by atoms with E-state index >= 15 is 0 Å². The Labute approximate surface area is 255 Å². The van der Waals surface area contributed by atoms with Crippen molar-refractivity contribution in [2.45, 2.75) is 20.1 Å². The number of ether oxygens (including phenoxy) is 1. The van der Waals surface area contributed by atoms with E-state index in [9.17, 15) is 14.9 Å². The fourth-order valence-corrected chi connectivity index (χ4v) is 5.10. The zero-order chi connectivity index (χ0) is 30.5. The number of nitrogens with zero attached hydrogens (tertiary/aromatic N) is 4. The molecule has 4 aromatic carbocycles. The Kier molecular flexibility index (Phi) is 7.98. The first kappa shape index (κ1) is 28.1. The van der Waals surface area contributed by atoms with Crippen molar-refractivity contribution in [3.05, 3.63) is 155 Å². The molecule has 0 unspecified atom stereocenters. The third-order valence-corrected chi connectivity index (χ3v) is 7.43. The standard InChI is InChI=1S/C37H28N4O3/c1-26-33(36(42)40(37(43)34(26)22-38)23-27-12-5-2-6-13-27)21-30-24-41(31-17-9-4-10-18-31)39-35(30)29-16-11-19-32(20-29)44-25-28-14-7-3-8-15-28/h2-21,24H,23,25H2,1H3/b33-21+. The van der Waals surface area contributed by atoms with Crippen molar-refractivity contribution < 1.29 is 14.3 Å². The number of hydrogen-bond acceptors (Lipinski definition) is 5. The monoisotopic (exact) mass is 576 g/mol. The molecule has 44 heavy (non-hydrogen) atoms. The van der Waals surface area contributed by atoms with Gasteiger partial charge in [0.15, 0.2) is 0 Å². The van der Waals surface area contributed by atoms with Crippen molar-refractivity contribution in [1.29, 1.82) is 5.26 Å². The molecule has 6 rings (SSSR count). The van der Waals surface area contributed by atoms with E-state index in [4.69, 9.17) is 9.84 Å². The van der Waals surface area contributed by atoms with Gasteiger partial charge in [0, 0.05) is 22.9 Å². The lowest BCUT2D eigenvalue weighted by Crippen LogP contribution is -2.42. The highest BCUT2D eigenvalue weighted by atomic mass is 16.5. The predicted molar refractivity (Wildman–Crippen MR) is 168 cm³/mol. The second-order valence-corrected chi connectivity index (χ2v) is 10.4. The summed E-state index contributed by atoms with van der Waals surface area (Å²) in [5, 5.41) is 14.8. The minimum Gasteiger partial charge on any atom is -0.489 e. The summed E-state index contributed by atoms with van der Waals surface area (Å²) < 4.78 is 7.84. The molecule has 2 heterocycles. The van der Waals surface area contributed by atoms with E-state index in [0.717, 1.165) is 27.3 Å². The molecule has 0 bridgehead atoms. The van der Waals surface area contributed by atoms with E-state index < -0.39 is 11.8 Å².